The van der Waals surface area contributed by atoms with Crippen molar-refractivity contribution in [1.29, 1.82) is 5.26 Å². The molecule has 7 nitrogen and oxygen atoms in total. The van der Waals surface area contributed by atoms with E-state index in [2.05, 4.69) is 16.7 Å². The van der Waals surface area contributed by atoms with Gasteiger partial charge in [-0.15, -0.1) is 11.3 Å². The molecule has 1 aliphatic rings. The van der Waals surface area contributed by atoms with Crippen molar-refractivity contribution in [2.75, 3.05) is 5.32 Å². The third-order valence-corrected chi connectivity index (χ3v) is 7.15. The Labute approximate surface area is 175 Å². The van der Waals surface area contributed by atoms with Gasteiger partial charge in [-0.2, -0.15) is 5.26 Å². The number of nitrogens with one attached hydrogen (secondary N) is 2. The second kappa shape index (κ2) is 8.27. The van der Waals surface area contributed by atoms with Crippen molar-refractivity contribution in [2.45, 2.75) is 42.9 Å². The first-order valence-corrected chi connectivity index (χ1v) is 11.0. The molecule has 2 aromatic heterocycles. The van der Waals surface area contributed by atoms with Crippen molar-refractivity contribution < 1.29 is 14.0 Å². The highest BCUT2D eigenvalue weighted by atomic mass is 32.2. The summed E-state index contributed by atoms with van der Waals surface area (Å²) in [5.74, 6) is -0.259. The zero-order chi connectivity index (χ0) is 20.4. The molecule has 0 fully saturated rings. The second-order valence-corrected chi connectivity index (χ2v) is 9.17. The summed E-state index contributed by atoms with van der Waals surface area (Å²) in [6, 6.07) is 11.5. The number of aromatic amines is 1. The van der Waals surface area contributed by atoms with Crippen LogP contribution in [0.15, 0.2) is 44.7 Å². The van der Waals surface area contributed by atoms with E-state index in [-0.39, 0.29) is 10.9 Å². The predicted molar refractivity (Wildman–Crippen MR) is 110 cm³/mol. The number of benzene rings is 1. The number of aryl methyl sites for hydroxylation is 1. The number of thioether (sulfide) groups is 1. The molecule has 0 radical (unpaired) electrons. The Kier molecular flexibility index (Phi) is 5.56. The summed E-state index contributed by atoms with van der Waals surface area (Å²) in [6.07, 6.45) is 4.02. The van der Waals surface area contributed by atoms with Crippen LogP contribution >= 0.6 is 23.1 Å². The van der Waals surface area contributed by atoms with Crippen molar-refractivity contribution >= 4 is 34.0 Å². The number of aromatic nitrogens is 2. The smallest absolute Gasteiger partial charge is 0.316 e. The first-order chi connectivity index (χ1) is 14.1. The van der Waals surface area contributed by atoms with Gasteiger partial charge in [0.2, 0.25) is 11.6 Å². The Hall–Kier alpha value is -2.83. The van der Waals surface area contributed by atoms with E-state index in [0.29, 0.717) is 10.6 Å². The average molecular weight is 428 g/mol. The van der Waals surface area contributed by atoms with Crippen LogP contribution in [0.4, 0.5) is 5.00 Å². The molecule has 0 aliphatic heterocycles. The van der Waals surface area contributed by atoms with Crippen LogP contribution in [0.1, 0.15) is 35.8 Å². The van der Waals surface area contributed by atoms with Gasteiger partial charge in [0.1, 0.15) is 11.1 Å². The van der Waals surface area contributed by atoms with Gasteiger partial charge in [-0.25, -0.2) is 4.79 Å². The molecule has 0 spiro atoms. The lowest BCUT2D eigenvalue weighted by Crippen LogP contribution is -2.37. The SMILES string of the molecule is CC(Sc1c(=O)o[nH][n+]1-c1ccccc1)C(=O)Nc1sc2c(c1C#N)CCCC2. The van der Waals surface area contributed by atoms with E-state index in [1.807, 2.05) is 30.3 Å². The van der Waals surface area contributed by atoms with Gasteiger partial charge in [-0.1, -0.05) is 18.2 Å². The van der Waals surface area contributed by atoms with Crippen LogP contribution in [0.25, 0.3) is 5.69 Å². The van der Waals surface area contributed by atoms with E-state index in [9.17, 15) is 14.9 Å². The first kappa shape index (κ1) is 19.5. The van der Waals surface area contributed by atoms with Gasteiger partial charge >= 0.3 is 10.7 Å². The van der Waals surface area contributed by atoms with Gasteiger partial charge in [0, 0.05) is 17.0 Å². The number of amides is 1. The number of para-hydroxylation sites is 1. The monoisotopic (exact) mass is 427 g/mol. The normalized spacial score (nSPS) is 14.1. The van der Waals surface area contributed by atoms with Crippen LogP contribution < -0.4 is 15.6 Å². The van der Waals surface area contributed by atoms with Crippen LogP contribution in [0, 0.1) is 11.3 Å². The largest absolute Gasteiger partial charge is 0.442 e. The van der Waals surface area contributed by atoms with Crippen molar-refractivity contribution in [3.05, 3.63) is 56.8 Å². The van der Waals surface area contributed by atoms with Crippen molar-refractivity contribution in [3.8, 4) is 11.8 Å². The molecule has 4 rings (SSSR count). The molecule has 0 saturated carbocycles. The van der Waals surface area contributed by atoms with E-state index in [0.717, 1.165) is 48.7 Å². The molecule has 3 aromatic rings. The second-order valence-electron chi connectivity index (χ2n) is 6.73. The molecular formula is C20H19N4O3S2+. The van der Waals surface area contributed by atoms with E-state index in [1.54, 1.807) is 6.92 Å². The van der Waals surface area contributed by atoms with Crippen LogP contribution in [-0.4, -0.2) is 16.4 Å². The third-order valence-electron chi connectivity index (χ3n) is 4.80. The Balaban J connectivity index is 1.54. The summed E-state index contributed by atoms with van der Waals surface area (Å²) in [6.45, 7) is 1.72. The highest BCUT2D eigenvalue weighted by molar-refractivity contribution is 8.00. The molecule has 1 aliphatic carbocycles. The maximum absolute atomic E-state index is 12.8. The molecule has 9 heteroatoms. The number of H-pyrrole nitrogens is 1. The zero-order valence-electron chi connectivity index (χ0n) is 15.7. The number of nitrogens with zero attached hydrogens (tertiary/aromatic N) is 2. The summed E-state index contributed by atoms with van der Waals surface area (Å²) < 4.78 is 6.44. The molecule has 1 amide bonds. The summed E-state index contributed by atoms with van der Waals surface area (Å²) >= 11 is 2.60. The summed E-state index contributed by atoms with van der Waals surface area (Å²) in [5.41, 5.74) is 1.84. The van der Waals surface area contributed by atoms with Gasteiger partial charge < -0.3 is 5.32 Å². The van der Waals surface area contributed by atoms with E-state index in [4.69, 9.17) is 4.52 Å². The average Bonchev–Trinajstić information content (AvgIpc) is 3.28. The molecule has 1 aromatic carbocycles. The first-order valence-electron chi connectivity index (χ1n) is 9.29. The topological polar surface area (TPSA) is 103 Å². The van der Waals surface area contributed by atoms with Crippen LogP contribution in [0.3, 0.4) is 0 Å². The third kappa shape index (κ3) is 3.86. The van der Waals surface area contributed by atoms with Gasteiger partial charge in [-0.3, -0.25) is 9.32 Å². The molecule has 1 atom stereocenters. The number of hydrogen-bond donors (Lipinski definition) is 2. The fraction of sp³-hybridized carbons (Fsp3) is 0.300. The Morgan fingerprint density at radius 2 is 2.10 bits per heavy atom. The minimum absolute atomic E-state index is 0.259. The molecule has 29 heavy (non-hydrogen) atoms. The van der Waals surface area contributed by atoms with E-state index in [1.165, 1.54) is 20.9 Å². The minimum Gasteiger partial charge on any atom is -0.316 e. The Bertz CT molecular complexity index is 1140. The molecule has 1 unspecified atom stereocenters. The van der Waals surface area contributed by atoms with Crippen LogP contribution in [-0.2, 0) is 17.6 Å². The van der Waals surface area contributed by atoms with Gasteiger partial charge in [0.15, 0.2) is 0 Å². The Morgan fingerprint density at radius 3 is 2.86 bits per heavy atom. The number of rotatable bonds is 5. The van der Waals surface area contributed by atoms with Crippen LogP contribution in [0.5, 0.6) is 0 Å². The summed E-state index contributed by atoms with van der Waals surface area (Å²) in [4.78, 5) is 26.1. The maximum atomic E-state index is 12.8. The number of thiophene rings is 1. The number of fused-ring (bicyclic) bond motifs is 1. The minimum atomic E-state index is -0.561. The maximum Gasteiger partial charge on any atom is 0.442 e. The highest BCUT2D eigenvalue weighted by Crippen LogP contribution is 2.38. The van der Waals surface area contributed by atoms with Gasteiger partial charge in [0.05, 0.1) is 10.8 Å². The fourth-order valence-electron chi connectivity index (χ4n) is 3.32. The molecule has 2 N–H and O–H groups in total. The van der Waals surface area contributed by atoms with E-state index < -0.39 is 10.9 Å². The number of hydrogen-bond acceptors (Lipinski definition) is 6. The number of carbonyl (C=O) groups excluding carboxylic acids is 1. The zero-order valence-corrected chi connectivity index (χ0v) is 17.4. The molecular weight excluding hydrogens is 408 g/mol. The fourth-order valence-corrected chi connectivity index (χ4v) is 5.45. The van der Waals surface area contributed by atoms with Crippen molar-refractivity contribution in [1.82, 2.24) is 5.27 Å². The van der Waals surface area contributed by atoms with Crippen LogP contribution in [0.2, 0.25) is 0 Å². The number of carbonyl (C=O) groups is 1. The highest BCUT2D eigenvalue weighted by Gasteiger charge is 2.30. The molecule has 2 heterocycles. The van der Waals surface area contributed by atoms with Gasteiger partial charge in [-0.05, 0) is 59.9 Å². The van der Waals surface area contributed by atoms with Crippen molar-refractivity contribution in [2.24, 2.45) is 0 Å². The number of nitriles is 1. The summed E-state index contributed by atoms with van der Waals surface area (Å²) in [5, 5.41) is 15.4. The van der Waals surface area contributed by atoms with E-state index >= 15 is 0 Å². The summed E-state index contributed by atoms with van der Waals surface area (Å²) in [7, 11) is 0. The Morgan fingerprint density at radius 1 is 1.34 bits per heavy atom. The standard InChI is InChI=1S/C20H18N4O3S2/c1-12(28-19-20(26)27-23-24(19)13-7-3-2-4-8-13)17(25)22-18-15(11-21)14-9-5-6-10-16(14)29-18/h2-4,7-8,12H,5-6,9-10H2,1H3,(H-,22,23,25,26)/p+1. The lowest BCUT2D eigenvalue weighted by atomic mass is 9.96. The lowest BCUT2D eigenvalue weighted by molar-refractivity contribution is -0.704. The lowest BCUT2D eigenvalue weighted by Gasteiger charge is -2.09. The quantitative estimate of drug-likeness (QED) is 0.481. The van der Waals surface area contributed by atoms with Crippen molar-refractivity contribution in [3.63, 3.8) is 0 Å². The molecule has 0 saturated heterocycles. The van der Waals surface area contributed by atoms with Gasteiger partial charge in [0.25, 0.3) is 0 Å². The number of anilines is 1. The molecule has 148 valence electrons. The molecule has 0 bridgehead atoms. The predicted octanol–water partition coefficient (Wildman–Crippen LogP) is 3.18.